The predicted octanol–water partition coefficient (Wildman–Crippen LogP) is 4.90. The minimum absolute atomic E-state index is 0.0109. The number of thioether (sulfide) groups is 1. The predicted molar refractivity (Wildman–Crippen MR) is 144 cm³/mol. The van der Waals surface area contributed by atoms with Gasteiger partial charge in [0.15, 0.2) is 11.0 Å². The standard InChI is InChI=1S/C26H28ClN5O4S/c1-5-13-32-23(17(4)28-24(34)18-9-7-6-8-10-18)30-31-26(32)37-15-22(33)29-21-14-19(11-12-20(21)27)25(35)36-16(2)3/h5-12,14,16-17H,1,13,15H2,2-4H3,(H,28,34)(H,29,33). The summed E-state index contributed by atoms with van der Waals surface area (Å²) in [6.45, 7) is 9.49. The van der Waals surface area contributed by atoms with Gasteiger partial charge in [0.05, 0.1) is 34.2 Å². The van der Waals surface area contributed by atoms with Crippen molar-refractivity contribution in [3.63, 3.8) is 0 Å². The van der Waals surface area contributed by atoms with Crippen molar-refractivity contribution in [2.24, 2.45) is 0 Å². The van der Waals surface area contributed by atoms with Crippen molar-refractivity contribution in [3.8, 4) is 0 Å². The minimum Gasteiger partial charge on any atom is -0.459 e. The van der Waals surface area contributed by atoms with Crippen molar-refractivity contribution in [2.75, 3.05) is 11.1 Å². The van der Waals surface area contributed by atoms with E-state index in [1.807, 2.05) is 13.0 Å². The summed E-state index contributed by atoms with van der Waals surface area (Å²) in [5, 5.41) is 14.9. The van der Waals surface area contributed by atoms with Crippen LogP contribution in [-0.2, 0) is 16.1 Å². The molecule has 0 fully saturated rings. The van der Waals surface area contributed by atoms with Gasteiger partial charge in [-0.1, -0.05) is 47.6 Å². The molecule has 0 aliphatic rings. The number of carbonyl (C=O) groups excluding carboxylic acids is 3. The van der Waals surface area contributed by atoms with Gasteiger partial charge in [-0.2, -0.15) is 0 Å². The largest absolute Gasteiger partial charge is 0.459 e. The van der Waals surface area contributed by atoms with Crippen LogP contribution in [0.4, 0.5) is 5.69 Å². The molecule has 1 atom stereocenters. The molecule has 0 bridgehead atoms. The number of nitrogens with one attached hydrogen (secondary N) is 2. The Morgan fingerprint density at radius 1 is 1.11 bits per heavy atom. The summed E-state index contributed by atoms with van der Waals surface area (Å²) >= 11 is 7.39. The highest BCUT2D eigenvalue weighted by atomic mass is 35.5. The van der Waals surface area contributed by atoms with Gasteiger partial charge in [-0.25, -0.2) is 4.79 Å². The first-order chi connectivity index (χ1) is 17.7. The number of rotatable bonds is 11. The zero-order valence-electron chi connectivity index (χ0n) is 20.7. The number of esters is 1. The van der Waals surface area contributed by atoms with Crippen molar-refractivity contribution >= 4 is 46.8 Å². The van der Waals surface area contributed by atoms with Gasteiger partial charge in [0.2, 0.25) is 5.91 Å². The fourth-order valence-electron chi connectivity index (χ4n) is 3.31. The highest BCUT2D eigenvalue weighted by molar-refractivity contribution is 7.99. The summed E-state index contributed by atoms with van der Waals surface area (Å²) < 4.78 is 6.99. The molecule has 0 aliphatic carbocycles. The molecule has 9 nitrogen and oxygen atoms in total. The number of halogens is 1. The number of anilines is 1. The summed E-state index contributed by atoms with van der Waals surface area (Å²) in [5.74, 6) is -0.536. The molecule has 1 unspecified atom stereocenters. The SMILES string of the molecule is C=CCn1c(SCC(=O)Nc2cc(C(=O)OC(C)C)ccc2Cl)nnc1C(C)NC(=O)c1ccccc1. The number of carbonyl (C=O) groups is 3. The minimum atomic E-state index is -0.505. The second-order valence-corrected chi connectivity index (χ2v) is 9.64. The van der Waals surface area contributed by atoms with Gasteiger partial charge < -0.3 is 19.9 Å². The lowest BCUT2D eigenvalue weighted by Gasteiger charge is -2.15. The van der Waals surface area contributed by atoms with Crippen LogP contribution >= 0.6 is 23.4 Å². The molecule has 0 saturated carbocycles. The number of nitrogens with zero attached hydrogens (tertiary/aromatic N) is 3. The van der Waals surface area contributed by atoms with Gasteiger partial charge in [-0.3, -0.25) is 9.59 Å². The third-order valence-electron chi connectivity index (χ3n) is 4.98. The van der Waals surface area contributed by atoms with E-state index in [0.29, 0.717) is 33.8 Å². The summed E-state index contributed by atoms with van der Waals surface area (Å²) in [5.41, 5.74) is 1.12. The summed E-state index contributed by atoms with van der Waals surface area (Å²) in [6, 6.07) is 13.0. The molecule has 11 heteroatoms. The van der Waals surface area contributed by atoms with Crippen molar-refractivity contribution in [3.05, 3.63) is 83.2 Å². The molecule has 1 aromatic heterocycles. The van der Waals surface area contributed by atoms with Crippen LogP contribution in [0.3, 0.4) is 0 Å². The molecule has 0 radical (unpaired) electrons. The zero-order valence-corrected chi connectivity index (χ0v) is 22.3. The average Bonchev–Trinajstić information content (AvgIpc) is 3.27. The molecule has 37 heavy (non-hydrogen) atoms. The Labute approximate surface area is 224 Å². The molecule has 1 heterocycles. The lowest BCUT2D eigenvalue weighted by molar-refractivity contribution is -0.113. The molecule has 3 aromatic rings. The molecule has 0 spiro atoms. The third kappa shape index (κ3) is 7.68. The van der Waals surface area contributed by atoms with Crippen LogP contribution in [0.1, 0.15) is 53.4 Å². The van der Waals surface area contributed by atoms with Crippen LogP contribution in [-0.4, -0.2) is 44.4 Å². The fraction of sp³-hybridized carbons (Fsp3) is 0.269. The summed E-state index contributed by atoms with van der Waals surface area (Å²) in [6.07, 6.45) is 1.41. The maximum atomic E-state index is 12.7. The van der Waals surface area contributed by atoms with E-state index in [-0.39, 0.29) is 29.2 Å². The first-order valence-electron chi connectivity index (χ1n) is 11.5. The first kappa shape index (κ1) is 27.9. The Kier molecular flexibility index (Phi) is 9.87. The van der Waals surface area contributed by atoms with Gasteiger partial charge in [0, 0.05) is 12.1 Å². The van der Waals surface area contributed by atoms with E-state index < -0.39 is 12.0 Å². The number of allylic oxidation sites excluding steroid dienone is 1. The Hall–Kier alpha value is -3.63. The van der Waals surface area contributed by atoms with Gasteiger partial charge in [0.25, 0.3) is 5.91 Å². The Morgan fingerprint density at radius 2 is 1.84 bits per heavy atom. The topological polar surface area (TPSA) is 115 Å². The monoisotopic (exact) mass is 541 g/mol. The highest BCUT2D eigenvalue weighted by Crippen LogP contribution is 2.25. The van der Waals surface area contributed by atoms with E-state index in [9.17, 15) is 14.4 Å². The number of ether oxygens (including phenoxy) is 1. The zero-order chi connectivity index (χ0) is 26.9. The molecule has 2 aromatic carbocycles. The molecule has 2 amide bonds. The lowest BCUT2D eigenvalue weighted by atomic mass is 10.2. The second-order valence-electron chi connectivity index (χ2n) is 8.29. The maximum absolute atomic E-state index is 12.7. The van der Waals surface area contributed by atoms with Gasteiger partial charge in [0.1, 0.15) is 0 Å². The normalized spacial score (nSPS) is 11.6. The van der Waals surface area contributed by atoms with Crippen molar-refractivity contribution < 1.29 is 19.1 Å². The molecule has 3 rings (SSSR count). The average molecular weight is 542 g/mol. The van der Waals surface area contributed by atoms with Gasteiger partial charge >= 0.3 is 5.97 Å². The van der Waals surface area contributed by atoms with E-state index >= 15 is 0 Å². The van der Waals surface area contributed by atoms with Crippen LogP contribution in [0.15, 0.2) is 66.3 Å². The van der Waals surface area contributed by atoms with Crippen LogP contribution in [0.2, 0.25) is 5.02 Å². The van der Waals surface area contributed by atoms with Crippen molar-refractivity contribution in [1.82, 2.24) is 20.1 Å². The van der Waals surface area contributed by atoms with E-state index in [2.05, 4.69) is 27.4 Å². The molecule has 2 N–H and O–H groups in total. The Balaban J connectivity index is 1.66. The van der Waals surface area contributed by atoms with Gasteiger partial charge in [-0.05, 0) is 51.1 Å². The van der Waals surface area contributed by atoms with Crippen molar-refractivity contribution in [2.45, 2.75) is 44.6 Å². The number of hydrogen-bond donors (Lipinski definition) is 2. The highest BCUT2D eigenvalue weighted by Gasteiger charge is 2.21. The van der Waals surface area contributed by atoms with Crippen LogP contribution in [0.25, 0.3) is 0 Å². The Bertz CT molecular complexity index is 1280. The quantitative estimate of drug-likeness (QED) is 0.201. The van der Waals surface area contributed by atoms with E-state index in [1.165, 1.54) is 30.0 Å². The molecule has 0 saturated heterocycles. The first-order valence-corrected chi connectivity index (χ1v) is 12.9. The summed E-state index contributed by atoms with van der Waals surface area (Å²) in [4.78, 5) is 37.4. The number of benzene rings is 2. The van der Waals surface area contributed by atoms with Crippen LogP contribution in [0, 0.1) is 0 Å². The van der Waals surface area contributed by atoms with E-state index in [1.54, 1.807) is 48.8 Å². The van der Waals surface area contributed by atoms with E-state index in [0.717, 1.165) is 0 Å². The summed E-state index contributed by atoms with van der Waals surface area (Å²) in [7, 11) is 0. The molecular formula is C26H28ClN5O4S. The van der Waals surface area contributed by atoms with E-state index in [4.69, 9.17) is 16.3 Å². The molecular weight excluding hydrogens is 514 g/mol. The van der Waals surface area contributed by atoms with Crippen molar-refractivity contribution in [1.29, 1.82) is 0 Å². The fourth-order valence-corrected chi connectivity index (χ4v) is 4.23. The Morgan fingerprint density at radius 3 is 2.51 bits per heavy atom. The maximum Gasteiger partial charge on any atom is 0.338 e. The number of aromatic nitrogens is 3. The van der Waals surface area contributed by atoms with Crippen LogP contribution in [0.5, 0.6) is 0 Å². The third-order valence-corrected chi connectivity index (χ3v) is 6.28. The van der Waals surface area contributed by atoms with Gasteiger partial charge in [-0.15, -0.1) is 16.8 Å². The smallest absolute Gasteiger partial charge is 0.338 e. The second kappa shape index (κ2) is 13.1. The lowest BCUT2D eigenvalue weighted by Crippen LogP contribution is -2.28. The van der Waals surface area contributed by atoms with Crippen LogP contribution < -0.4 is 10.6 Å². The number of hydrogen-bond acceptors (Lipinski definition) is 7. The molecule has 194 valence electrons. The number of amides is 2. The molecule has 0 aliphatic heterocycles.